The first-order chi connectivity index (χ1) is 20.8. The first-order valence-electron chi connectivity index (χ1n) is 15.2. The summed E-state index contributed by atoms with van der Waals surface area (Å²) in [5.41, 5.74) is 0.804. The third kappa shape index (κ3) is 6.76. The maximum absolute atomic E-state index is 13.1. The zero-order chi connectivity index (χ0) is 30.5. The van der Waals surface area contributed by atoms with Gasteiger partial charge in [-0.1, -0.05) is 12.1 Å². The number of carbonyl (C=O) groups excluding carboxylic acids is 3. The Morgan fingerprint density at radius 1 is 0.930 bits per heavy atom. The summed E-state index contributed by atoms with van der Waals surface area (Å²) in [5.74, 6) is 1.49. The van der Waals surface area contributed by atoms with E-state index < -0.39 is 18.2 Å². The number of benzene rings is 1. The van der Waals surface area contributed by atoms with E-state index in [0.29, 0.717) is 55.9 Å². The fourth-order valence-electron chi connectivity index (χ4n) is 7.01. The molecule has 1 aliphatic carbocycles. The number of hydrogen-bond donors (Lipinski definition) is 0. The van der Waals surface area contributed by atoms with Gasteiger partial charge in [0.25, 0.3) is 0 Å². The van der Waals surface area contributed by atoms with Gasteiger partial charge in [-0.2, -0.15) is 4.80 Å². The lowest BCUT2D eigenvalue weighted by molar-refractivity contribution is -0.153. The fourth-order valence-corrected chi connectivity index (χ4v) is 7.01. The maximum atomic E-state index is 13.1. The molecule has 6 unspecified atom stereocenters. The third-order valence-corrected chi connectivity index (χ3v) is 9.07. The molecule has 2 aliphatic heterocycles. The number of piperidine rings is 1. The molecule has 1 aromatic heterocycles. The summed E-state index contributed by atoms with van der Waals surface area (Å²) in [6, 6.07) is 6.34. The molecule has 1 amide bonds. The second-order valence-electron chi connectivity index (χ2n) is 11.6. The molecular weight excluding hydrogens is 556 g/mol. The smallest absolute Gasteiger partial charge is 0.410 e. The van der Waals surface area contributed by atoms with Crippen LogP contribution in [-0.2, 0) is 23.8 Å². The summed E-state index contributed by atoms with van der Waals surface area (Å²) in [6.07, 6.45) is 3.41. The number of hydrogen-bond acceptors (Lipinski definition) is 11. The van der Waals surface area contributed by atoms with E-state index in [1.54, 1.807) is 18.8 Å². The summed E-state index contributed by atoms with van der Waals surface area (Å²) in [6.45, 7) is 5.96. The maximum Gasteiger partial charge on any atom is 0.410 e. The number of fused-ring (bicyclic) bond motifs is 1. The first kappa shape index (κ1) is 30.7. The van der Waals surface area contributed by atoms with Gasteiger partial charge in [0.05, 0.1) is 33.5 Å². The average molecular weight is 599 g/mol. The zero-order valence-electron chi connectivity index (χ0n) is 25.4. The van der Waals surface area contributed by atoms with Crippen LogP contribution in [0.5, 0.6) is 5.75 Å². The first-order valence-corrected chi connectivity index (χ1v) is 15.2. The van der Waals surface area contributed by atoms with Crippen molar-refractivity contribution in [1.82, 2.24) is 30.0 Å². The van der Waals surface area contributed by atoms with Crippen LogP contribution >= 0.6 is 0 Å². The topological polar surface area (TPSA) is 138 Å². The van der Waals surface area contributed by atoms with Crippen LogP contribution < -0.4 is 4.74 Å². The van der Waals surface area contributed by atoms with E-state index in [0.717, 1.165) is 31.4 Å². The van der Waals surface area contributed by atoms with Crippen LogP contribution in [0.2, 0.25) is 0 Å². The molecule has 0 bridgehead atoms. The molecule has 1 aromatic carbocycles. The Bertz CT molecular complexity index is 1290. The highest BCUT2D eigenvalue weighted by atomic mass is 16.6. The van der Waals surface area contributed by atoms with Crippen molar-refractivity contribution in [3.8, 4) is 17.1 Å². The molecule has 0 N–H and O–H groups in total. The van der Waals surface area contributed by atoms with Crippen molar-refractivity contribution in [2.75, 3.05) is 47.1 Å². The Labute approximate surface area is 251 Å². The Balaban J connectivity index is 1.27. The van der Waals surface area contributed by atoms with Crippen molar-refractivity contribution in [1.29, 1.82) is 0 Å². The molecule has 3 aliphatic rings. The summed E-state index contributed by atoms with van der Waals surface area (Å²) in [7, 11) is 2.95. The Hall–Kier alpha value is -3.74. The minimum atomic E-state index is -0.645. The molecule has 0 radical (unpaired) electrons. The van der Waals surface area contributed by atoms with E-state index in [4.69, 9.17) is 18.9 Å². The number of rotatable bonds is 9. The highest BCUT2D eigenvalue weighted by molar-refractivity contribution is 5.81. The number of nitrogens with zero attached hydrogens (tertiary/aromatic N) is 6. The molecule has 2 saturated heterocycles. The lowest BCUT2D eigenvalue weighted by atomic mass is 9.69. The van der Waals surface area contributed by atoms with E-state index in [2.05, 4.69) is 20.3 Å². The molecule has 1 saturated carbocycles. The highest BCUT2D eigenvalue weighted by Crippen LogP contribution is 2.42. The lowest BCUT2D eigenvalue weighted by Gasteiger charge is -2.46. The fraction of sp³-hybridized carbons (Fsp3) is 0.667. The molecule has 6 atom stereocenters. The van der Waals surface area contributed by atoms with Gasteiger partial charge in [-0.15, -0.1) is 10.2 Å². The predicted molar refractivity (Wildman–Crippen MR) is 154 cm³/mol. The number of carbonyl (C=O) groups is 3. The number of tetrazole rings is 1. The second kappa shape index (κ2) is 13.7. The van der Waals surface area contributed by atoms with Gasteiger partial charge in [0.15, 0.2) is 0 Å². The van der Waals surface area contributed by atoms with Crippen molar-refractivity contribution in [3.63, 3.8) is 0 Å². The zero-order valence-corrected chi connectivity index (χ0v) is 25.4. The van der Waals surface area contributed by atoms with Crippen LogP contribution in [0.25, 0.3) is 11.4 Å². The van der Waals surface area contributed by atoms with Crippen LogP contribution in [0.3, 0.4) is 0 Å². The molecule has 13 nitrogen and oxygen atoms in total. The number of likely N-dealkylation sites (tertiary alicyclic amines) is 2. The van der Waals surface area contributed by atoms with Gasteiger partial charge in [0, 0.05) is 25.2 Å². The Morgan fingerprint density at radius 2 is 1.70 bits per heavy atom. The van der Waals surface area contributed by atoms with Gasteiger partial charge < -0.3 is 18.9 Å². The molecule has 5 rings (SSSR count). The molecule has 43 heavy (non-hydrogen) atoms. The number of methoxy groups -OCH3 is 2. The van der Waals surface area contributed by atoms with Gasteiger partial charge in [-0.3, -0.25) is 14.6 Å². The van der Waals surface area contributed by atoms with Crippen LogP contribution in [0.4, 0.5) is 4.79 Å². The molecule has 3 fully saturated rings. The standard InChI is InChI=1S/C30H42N6O7/c1-5-42-28(37)25-15-23(36-32-27(31-33-36)20-8-7-9-24(13-20)40-3)18-34(25)16-19-10-11-21-17-35(30(39)41-4)26(14-22(21)12-19)29(38)43-6-2/h7-9,13,19,21-23,25-26H,5-6,10-12,14-18H2,1-4H3. The molecule has 13 heteroatoms. The molecule has 234 valence electrons. The van der Waals surface area contributed by atoms with E-state index in [1.807, 2.05) is 31.2 Å². The SMILES string of the molecule is CCOC(=O)C1CC(n2nnc(-c3cccc(OC)c3)n2)CN1CC1CCC2CN(C(=O)OC)C(C(=O)OCC)CC2C1. The van der Waals surface area contributed by atoms with Gasteiger partial charge in [-0.05, 0) is 81.1 Å². The average Bonchev–Trinajstić information content (AvgIpc) is 3.68. The minimum Gasteiger partial charge on any atom is -0.497 e. The molecule has 2 aromatic rings. The van der Waals surface area contributed by atoms with Gasteiger partial charge in [0.2, 0.25) is 5.82 Å². The summed E-state index contributed by atoms with van der Waals surface area (Å²) in [4.78, 5) is 43.7. The van der Waals surface area contributed by atoms with Crippen molar-refractivity contribution in [3.05, 3.63) is 24.3 Å². The Kier molecular flexibility index (Phi) is 9.79. The number of ether oxygens (including phenoxy) is 4. The number of aromatic nitrogens is 4. The van der Waals surface area contributed by atoms with Gasteiger partial charge >= 0.3 is 18.0 Å². The van der Waals surface area contributed by atoms with Gasteiger partial charge in [0.1, 0.15) is 17.8 Å². The monoisotopic (exact) mass is 598 g/mol. The molecule has 0 spiro atoms. The second-order valence-corrected chi connectivity index (χ2v) is 11.6. The summed E-state index contributed by atoms with van der Waals surface area (Å²) < 4.78 is 21.1. The largest absolute Gasteiger partial charge is 0.497 e. The predicted octanol–water partition coefficient (Wildman–Crippen LogP) is 2.96. The highest BCUT2D eigenvalue weighted by Gasteiger charge is 2.46. The third-order valence-electron chi connectivity index (χ3n) is 9.07. The minimum absolute atomic E-state index is 0.130. The van der Waals surface area contributed by atoms with Crippen LogP contribution in [0.15, 0.2) is 24.3 Å². The van der Waals surface area contributed by atoms with E-state index in [9.17, 15) is 14.4 Å². The van der Waals surface area contributed by atoms with Crippen molar-refractivity contribution in [2.24, 2.45) is 17.8 Å². The van der Waals surface area contributed by atoms with Crippen molar-refractivity contribution in [2.45, 2.75) is 64.1 Å². The normalized spacial score (nSPS) is 27.3. The lowest BCUT2D eigenvalue weighted by Crippen LogP contribution is -2.55. The molecular formula is C30H42N6O7. The van der Waals surface area contributed by atoms with E-state index in [-0.39, 0.29) is 30.5 Å². The molecule has 3 heterocycles. The van der Waals surface area contributed by atoms with Crippen molar-refractivity contribution < 1.29 is 33.3 Å². The van der Waals surface area contributed by atoms with Crippen LogP contribution in [-0.4, -0.2) is 107 Å². The number of esters is 2. The summed E-state index contributed by atoms with van der Waals surface area (Å²) >= 11 is 0. The Morgan fingerprint density at radius 3 is 2.42 bits per heavy atom. The van der Waals surface area contributed by atoms with E-state index >= 15 is 0 Å². The quantitative estimate of drug-likeness (QED) is 0.311. The van der Waals surface area contributed by atoms with Gasteiger partial charge in [-0.25, -0.2) is 9.59 Å². The van der Waals surface area contributed by atoms with Crippen LogP contribution in [0, 0.1) is 17.8 Å². The van der Waals surface area contributed by atoms with Crippen molar-refractivity contribution >= 4 is 18.0 Å². The summed E-state index contributed by atoms with van der Waals surface area (Å²) in [5, 5.41) is 13.3. The van der Waals surface area contributed by atoms with E-state index in [1.165, 1.54) is 12.0 Å². The van der Waals surface area contributed by atoms with Crippen LogP contribution in [0.1, 0.15) is 52.0 Å². The number of amides is 1.